The summed E-state index contributed by atoms with van der Waals surface area (Å²) in [6.07, 6.45) is 0. The Morgan fingerprint density at radius 3 is 2.62 bits per heavy atom. The van der Waals surface area contributed by atoms with Crippen LogP contribution in [-0.2, 0) is 10.1 Å². The second kappa shape index (κ2) is 4.23. The summed E-state index contributed by atoms with van der Waals surface area (Å²) in [5, 5.41) is 1.66. The van der Waals surface area contributed by atoms with Crippen LogP contribution in [0.3, 0.4) is 0 Å². The minimum Gasteiger partial charge on any atom is -0.357 e. The zero-order valence-electron chi connectivity index (χ0n) is 8.45. The van der Waals surface area contributed by atoms with E-state index in [1.54, 1.807) is 30.5 Å². The van der Waals surface area contributed by atoms with Crippen molar-refractivity contribution in [3.05, 3.63) is 41.3 Å². The maximum Gasteiger partial charge on any atom is 0.341 e. The average molecular weight is 255 g/mol. The zero-order chi connectivity index (χ0) is 11.6. The highest BCUT2D eigenvalue weighted by molar-refractivity contribution is 7.87. The zero-order valence-corrected chi connectivity index (χ0v) is 10.1. The molecular formula is C10H9NO3S2. The fraction of sp³-hybridized carbons (Fsp3) is 0.100. The highest BCUT2D eigenvalue weighted by atomic mass is 32.2. The third-order valence-electron chi connectivity index (χ3n) is 1.97. The van der Waals surface area contributed by atoms with E-state index in [4.69, 9.17) is 4.18 Å². The molecule has 0 aliphatic heterocycles. The van der Waals surface area contributed by atoms with Crippen LogP contribution in [-0.4, -0.2) is 12.8 Å². The van der Waals surface area contributed by atoms with Gasteiger partial charge in [0.1, 0.15) is 4.90 Å². The first-order chi connectivity index (χ1) is 7.59. The lowest BCUT2D eigenvalue weighted by atomic mass is 10.2. The predicted octanol–water partition coefficient (Wildman–Crippen LogP) is 2.22. The average Bonchev–Trinajstić information content (AvgIpc) is 2.70. The van der Waals surface area contributed by atoms with Gasteiger partial charge < -0.3 is 4.18 Å². The molecule has 2 rings (SSSR count). The smallest absolute Gasteiger partial charge is 0.341 e. The molecule has 0 fully saturated rings. The molecule has 0 saturated carbocycles. The molecule has 0 aliphatic carbocycles. The lowest BCUT2D eigenvalue weighted by molar-refractivity contribution is 0.478. The minimum atomic E-state index is -3.77. The van der Waals surface area contributed by atoms with Gasteiger partial charge in [0.05, 0.1) is 0 Å². The van der Waals surface area contributed by atoms with Gasteiger partial charge in [-0.05, 0) is 30.1 Å². The molecule has 0 atom stereocenters. The van der Waals surface area contributed by atoms with E-state index >= 15 is 0 Å². The first-order valence-electron chi connectivity index (χ1n) is 4.50. The molecule has 0 spiro atoms. The third-order valence-corrected chi connectivity index (χ3v) is 3.90. The van der Waals surface area contributed by atoms with E-state index in [2.05, 4.69) is 4.37 Å². The van der Waals surface area contributed by atoms with Crippen molar-refractivity contribution in [2.24, 2.45) is 0 Å². The van der Waals surface area contributed by atoms with Crippen molar-refractivity contribution < 1.29 is 12.6 Å². The predicted molar refractivity (Wildman–Crippen MR) is 61.1 cm³/mol. The standard InChI is InChI=1S/C10H9NO3S2/c1-8-4-2-3-5-9(8)16(12,13)14-10-6-7-15-11-10/h2-7H,1H3. The van der Waals surface area contributed by atoms with Crippen LogP contribution in [0.1, 0.15) is 5.56 Å². The summed E-state index contributed by atoms with van der Waals surface area (Å²) < 4.78 is 32.4. The summed E-state index contributed by atoms with van der Waals surface area (Å²) in [6.45, 7) is 1.72. The normalized spacial score (nSPS) is 11.3. The minimum absolute atomic E-state index is 0.105. The van der Waals surface area contributed by atoms with E-state index in [0.717, 1.165) is 11.5 Å². The van der Waals surface area contributed by atoms with Crippen LogP contribution in [0, 0.1) is 6.92 Å². The van der Waals surface area contributed by atoms with Crippen LogP contribution < -0.4 is 4.18 Å². The largest absolute Gasteiger partial charge is 0.357 e. The van der Waals surface area contributed by atoms with E-state index in [-0.39, 0.29) is 10.8 Å². The molecule has 0 saturated heterocycles. The molecule has 4 nitrogen and oxygen atoms in total. The number of nitrogens with zero attached hydrogens (tertiary/aromatic N) is 1. The highest BCUT2D eigenvalue weighted by Crippen LogP contribution is 2.20. The van der Waals surface area contributed by atoms with Crippen LogP contribution in [0.4, 0.5) is 0 Å². The molecule has 1 aromatic carbocycles. The van der Waals surface area contributed by atoms with Crippen LogP contribution >= 0.6 is 11.5 Å². The SMILES string of the molecule is Cc1ccccc1S(=O)(=O)Oc1ccsn1. The van der Waals surface area contributed by atoms with Crippen molar-refractivity contribution in [3.8, 4) is 5.88 Å². The summed E-state index contributed by atoms with van der Waals surface area (Å²) >= 11 is 1.14. The van der Waals surface area contributed by atoms with Gasteiger partial charge in [0.2, 0.25) is 5.88 Å². The summed E-state index contributed by atoms with van der Waals surface area (Å²) in [6, 6.07) is 8.18. The van der Waals surface area contributed by atoms with Crippen LogP contribution in [0.5, 0.6) is 5.88 Å². The van der Waals surface area contributed by atoms with Gasteiger partial charge in [-0.2, -0.15) is 12.8 Å². The maximum absolute atomic E-state index is 11.9. The Bertz CT molecular complexity index is 576. The van der Waals surface area contributed by atoms with Crippen molar-refractivity contribution in [2.75, 3.05) is 0 Å². The third kappa shape index (κ3) is 2.23. The Balaban J connectivity index is 2.37. The molecule has 0 radical (unpaired) electrons. The van der Waals surface area contributed by atoms with Crippen LogP contribution in [0.2, 0.25) is 0 Å². The molecule has 2 aromatic rings. The Labute approximate surface area is 97.8 Å². The van der Waals surface area contributed by atoms with E-state index < -0.39 is 10.1 Å². The fourth-order valence-electron chi connectivity index (χ4n) is 1.24. The summed E-state index contributed by atoms with van der Waals surface area (Å²) in [4.78, 5) is 0.169. The van der Waals surface area contributed by atoms with Gasteiger partial charge in [0.15, 0.2) is 0 Å². The summed E-state index contributed by atoms with van der Waals surface area (Å²) in [5.74, 6) is 0.105. The molecule has 1 aromatic heterocycles. The lowest BCUT2D eigenvalue weighted by Gasteiger charge is -2.06. The van der Waals surface area contributed by atoms with E-state index in [1.807, 2.05) is 0 Å². The molecule has 0 N–H and O–H groups in total. The number of aromatic nitrogens is 1. The molecule has 0 aliphatic rings. The maximum atomic E-state index is 11.9. The van der Waals surface area contributed by atoms with Gasteiger partial charge in [-0.1, -0.05) is 18.2 Å². The first kappa shape index (κ1) is 11.1. The Kier molecular flexibility index (Phi) is 2.93. The Morgan fingerprint density at radius 1 is 1.25 bits per heavy atom. The molecule has 1 heterocycles. The van der Waals surface area contributed by atoms with Gasteiger partial charge in [0.25, 0.3) is 0 Å². The number of benzene rings is 1. The van der Waals surface area contributed by atoms with Crippen molar-refractivity contribution in [1.82, 2.24) is 4.37 Å². The lowest BCUT2D eigenvalue weighted by Crippen LogP contribution is -2.11. The van der Waals surface area contributed by atoms with Crippen molar-refractivity contribution >= 4 is 21.7 Å². The number of rotatable bonds is 3. The van der Waals surface area contributed by atoms with E-state index in [9.17, 15) is 8.42 Å². The molecule has 0 bridgehead atoms. The second-order valence-electron chi connectivity index (χ2n) is 3.14. The highest BCUT2D eigenvalue weighted by Gasteiger charge is 2.19. The van der Waals surface area contributed by atoms with Gasteiger partial charge in [-0.3, -0.25) is 0 Å². The van der Waals surface area contributed by atoms with Gasteiger partial charge in [-0.15, -0.1) is 0 Å². The number of hydrogen-bond donors (Lipinski definition) is 0. The van der Waals surface area contributed by atoms with Crippen molar-refractivity contribution in [2.45, 2.75) is 11.8 Å². The quantitative estimate of drug-likeness (QED) is 0.789. The molecule has 0 amide bonds. The Morgan fingerprint density at radius 2 is 2.00 bits per heavy atom. The van der Waals surface area contributed by atoms with Crippen molar-refractivity contribution in [1.29, 1.82) is 0 Å². The van der Waals surface area contributed by atoms with Gasteiger partial charge >= 0.3 is 10.1 Å². The van der Waals surface area contributed by atoms with Gasteiger partial charge in [-0.25, -0.2) is 0 Å². The molecule has 6 heteroatoms. The fourth-order valence-corrected chi connectivity index (χ4v) is 2.84. The van der Waals surface area contributed by atoms with Gasteiger partial charge in [0, 0.05) is 11.4 Å². The molecular weight excluding hydrogens is 246 g/mol. The summed E-state index contributed by atoms with van der Waals surface area (Å²) in [5.41, 5.74) is 0.651. The topological polar surface area (TPSA) is 56.3 Å². The van der Waals surface area contributed by atoms with E-state index in [0.29, 0.717) is 5.56 Å². The second-order valence-corrected chi connectivity index (χ2v) is 5.32. The molecule has 0 unspecified atom stereocenters. The Hall–Kier alpha value is -1.40. The summed E-state index contributed by atoms with van der Waals surface area (Å²) in [7, 11) is -3.77. The molecule has 84 valence electrons. The van der Waals surface area contributed by atoms with Crippen LogP contribution in [0.25, 0.3) is 0 Å². The van der Waals surface area contributed by atoms with E-state index in [1.165, 1.54) is 12.1 Å². The molecule has 16 heavy (non-hydrogen) atoms. The number of aryl methyl sites for hydroxylation is 1. The van der Waals surface area contributed by atoms with Crippen LogP contribution in [0.15, 0.2) is 40.6 Å². The number of hydrogen-bond acceptors (Lipinski definition) is 5. The monoisotopic (exact) mass is 255 g/mol. The van der Waals surface area contributed by atoms with Crippen molar-refractivity contribution in [3.63, 3.8) is 0 Å². The first-order valence-corrected chi connectivity index (χ1v) is 6.74.